The van der Waals surface area contributed by atoms with Gasteiger partial charge in [0.15, 0.2) is 5.96 Å². The van der Waals surface area contributed by atoms with Crippen LogP contribution in [0.4, 0.5) is 0 Å². The van der Waals surface area contributed by atoms with Crippen molar-refractivity contribution in [1.82, 2.24) is 25.3 Å². The number of amides is 1. The maximum absolute atomic E-state index is 12.7. The molecule has 0 aliphatic carbocycles. The number of hydrogen-bond donors (Lipinski definition) is 2. The number of carbonyl (C=O) groups is 1. The first-order valence-corrected chi connectivity index (χ1v) is 11.3. The quantitative estimate of drug-likeness (QED) is 0.476. The van der Waals surface area contributed by atoms with Crippen LogP contribution in [0, 0.1) is 13.8 Å². The minimum Gasteiger partial charge on any atom is -0.352 e. The van der Waals surface area contributed by atoms with E-state index in [-0.39, 0.29) is 12.5 Å². The molecule has 162 valence electrons. The number of aryl methyl sites for hydroxylation is 2. The van der Waals surface area contributed by atoms with E-state index < -0.39 is 0 Å². The summed E-state index contributed by atoms with van der Waals surface area (Å²) in [5.74, 6) is 0.688. The number of guanidine groups is 1. The molecule has 3 aromatic rings. The monoisotopic (exact) mass is 436 g/mol. The van der Waals surface area contributed by atoms with Gasteiger partial charge in [-0.2, -0.15) is 5.10 Å². The Morgan fingerprint density at radius 3 is 2.84 bits per heavy atom. The highest BCUT2D eigenvalue weighted by Crippen LogP contribution is 2.23. The largest absolute Gasteiger partial charge is 0.352 e. The number of fused-ring (bicyclic) bond motifs is 1. The summed E-state index contributed by atoms with van der Waals surface area (Å²) in [6, 6.07) is 12.3. The van der Waals surface area contributed by atoms with E-state index in [1.54, 1.807) is 18.4 Å². The molecule has 0 saturated heterocycles. The van der Waals surface area contributed by atoms with E-state index in [9.17, 15) is 4.79 Å². The molecule has 0 spiro atoms. The third-order valence-electron chi connectivity index (χ3n) is 5.47. The molecule has 0 saturated carbocycles. The van der Waals surface area contributed by atoms with Gasteiger partial charge in [-0.05, 0) is 55.0 Å². The van der Waals surface area contributed by atoms with E-state index >= 15 is 0 Å². The predicted molar refractivity (Wildman–Crippen MR) is 125 cm³/mol. The Kier molecular flexibility index (Phi) is 6.36. The van der Waals surface area contributed by atoms with Gasteiger partial charge in [0.1, 0.15) is 0 Å². The standard InChI is InChI=1S/C23H28N6OS/c1-16-12-17(2)29(27-16)20-7-5-4-6-18(20)13-25-23(24-3)26-14-22(30)28-10-8-21-19(15-28)9-11-31-21/h4-7,9,11-12H,8,10,13-15H2,1-3H3,(H2,24,25,26). The molecule has 0 fully saturated rings. The van der Waals surface area contributed by atoms with Crippen LogP contribution in [-0.2, 0) is 24.3 Å². The summed E-state index contributed by atoms with van der Waals surface area (Å²) in [7, 11) is 1.71. The third-order valence-corrected chi connectivity index (χ3v) is 6.49. The minimum absolute atomic E-state index is 0.0860. The highest BCUT2D eigenvalue weighted by molar-refractivity contribution is 7.10. The normalized spacial score (nSPS) is 13.8. The maximum atomic E-state index is 12.7. The van der Waals surface area contributed by atoms with Crippen LogP contribution in [-0.4, -0.2) is 46.7 Å². The lowest BCUT2D eigenvalue weighted by Crippen LogP contribution is -2.45. The van der Waals surface area contributed by atoms with Crippen molar-refractivity contribution in [3.63, 3.8) is 0 Å². The van der Waals surface area contributed by atoms with Crippen molar-refractivity contribution < 1.29 is 4.79 Å². The topological polar surface area (TPSA) is 74.6 Å². The van der Waals surface area contributed by atoms with Gasteiger partial charge in [0, 0.05) is 37.3 Å². The number of carbonyl (C=O) groups excluding carboxylic acids is 1. The van der Waals surface area contributed by atoms with Crippen molar-refractivity contribution in [2.24, 2.45) is 4.99 Å². The molecule has 1 aromatic carbocycles. The zero-order valence-electron chi connectivity index (χ0n) is 18.2. The zero-order chi connectivity index (χ0) is 21.8. The number of aromatic nitrogens is 2. The lowest BCUT2D eigenvalue weighted by Gasteiger charge is -2.27. The van der Waals surface area contributed by atoms with Crippen LogP contribution in [0.1, 0.15) is 27.4 Å². The molecule has 0 unspecified atom stereocenters. The molecular formula is C23H28N6OS. The fourth-order valence-electron chi connectivity index (χ4n) is 3.87. The Labute approximate surface area is 186 Å². The van der Waals surface area contributed by atoms with Crippen molar-refractivity contribution in [3.05, 3.63) is 69.2 Å². The average Bonchev–Trinajstić information content (AvgIpc) is 3.38. The second-order valence-electron chi connectivity index (χ2n) is 7.68. The van der Waals surface area contributed by atoms with Crippen molar-refractivity contribution in [3.8, 4) is 5.69 Å². The minimum atomic E-state index is 0.0860. The van der Waals surface area contributed by atoms with Crippen molar-refractivity contribution in [2.75, 3.05) is 20.1 Å². The lowest BCUT2D eigenvalue weighted by atomic mass is 10.1. The number of thiophene rings is 1. The van der Waals surface area contributed by atoms with E-state index in [0.29, 0.717) is 19.0 Å². The van der Waals surface area contributed by atoms with Crippen LogP contribution < -0.4 is 10.6 Å². The van der Waals surface area contributed by atoms with Crippen LogP contribution in [0.3, 0.4) is 0 Å². The summed E-state index contributed by atoms with van der Waals surface area (Å²) in [6.07, 6.45) is 0.939. The second-order valence-corrected chi connectivity index (χ2v) is 8.68. The van der Waals surface area contributed by atoms with E-state index in [4.69, 9.17) is 0 Å². The number of para-hydroxylation sites is 1. The summed E-state index contributed by atoms with van der Waals surface area (Å²) >= 11 is 1.78. The number of hydrogen-bond acceptors (Lipinski definition) is 4. The Morgan fingerprint density at radius 2 is 2.06 bits per heavy atom. The number of nitrogens with zero attached hydrogens (tertiary/aromatic N) is 4. The molecule has 1 amide bonds. The zero-order valence-corrected chi connectivity index (χ0v) is 19.0. The third kappa shape index (κ3) is 4.80. The molecule has 0 radical (unpaired) electrons. The Bertz CT molecular complexity index is 1100. The first-order valence-electron chi connectivity index (χ1n) is 10.4. The molecule has 8 heteroatoms. The summed E-state index contributed by atoms with van der Waals surface area (Å²) in [4.78, 5) is 20.3. The first-order chi connectivity index (χ1) is 15.0. The van der Waals surface area contributed by atoms with Gasteiger partial charge in [0.25, 0.3) is 0 Å². The molecular weight excluding hydrogens is 408 g/mol. The maximum Gasteiger partial charge on any atom is 0.242 e. The van der Waals surface area contributed by atoms with Crippen LogP contribution in [0.15, 0.2) is 46.8 Å². The Morgan fingerprint density at radius 1 is 1.23 bits per heavy atom. The molecule has 2 N–H and O–H groups in total. The van der Waals surface area contributed by atoms with E-state index in [1.807, 2.05) is 28.6 Å². The van der Waals surface area contributed by atoms with Crippen LogP contribution in [0.2, 0.25) is 0 Å². The number of rotatable bonds is 5. The van der Waals surface area contributed by atoms with Crippen molar-refractivity contribution >= 4 is 23.2 Å². The van der Waals surface area contributed by atoms with Gasteiger partial charge >= 0.3 is 0 Å². The van der Waals surface area contributed by atoms with E-state index in [1.165, 1.54) is 10.4 Å². The van der Waals surface area contributed by atoms with E-state index in [0.717, 1.165) is 35.6 Å². The van der Waals surface area contributed by atoms with Crippen molar-refractivity contribution in [2.45, 2.75) is 33.4 Å². The molecule has 1 aliphatic rings. The van der Waals surface area contributed by atoms with Gasteiger partial charge in [0.2, 0.25) is 5.91 Å². The van der Waals surface area contributed by atoms with Crippen molar-refractivity contribution in [1.29, 1.82) is 0 Å². The second kappa shape index (κ2) is 9.34. The van der Waals surface area contributed by atoms with Crippen LogP contribution in [0.25, 0.3) is 5.69 Å². The molecule has 2 aromatic heterocycles. The van der Waals surface area contributed by atoms with Gasteiger partial charge in [0.05, 0.1) is 17.9 Å². The van der Waals surface area contributed by atoms with Gasteiger partial charge < -0.3 is 15.5 Å². The molecule has 0 atom stereocenters. The smallest absolute Gasteiger partial charge is 0.242 e. The first kappa shape index (κ1) is 21.1. The fourth-order valence-corrected chi connectivity index (χ4v) is 4.76. The molecule has 4 rings (SSSR count). The van der Waals surface area contributed by atoms with Gasteiger partial charge in [-0.1, -0.05) is 18.2 Å². The highest BCUT2D eigenvalue weighted by Gasteiger charge is 2.21. The number of nitrogens with one attached hydrogen (secondary N) is 2. The van der Waals surface area contributed by atoms with Crippen LogP contribution >= 0.6 is 11.3 Å². The molecule has 0 bridgehead atoms. The molecule has 7 nitrogen and oxygen atoms in total. The SMILES string of the molecule is CN=C(NCC(=O)N1CCc2sccc2C1)NCc1ccccc1-n1nc(C)cc1C. The lowest BCUT2D eigenvalue weighted by molar-refractivity contribution is -0.130. The van der Waals surface area contributed by atoms with Gasteiger partial charge in [-0.25, -0.2) is 4.68 Å². The summed E-state index contributed by atoms with van der Waals surface area (Å²) < 4.78 is 1.96. The van der Waals surface area contributed by atoms with Crippen LogP contribution in [0.5, 0.6) is 0 Å². The number of aliphatic imine (C=N–C) groups is 1. The highest BCUT2D eigenvalue weighted by atomic mass is 32.1. The Balaban J connectivity index is 1.35. The van der Waals surface area contributed by atoms with Gasteiger partial charge in [-0.3, -0.25) is 9.79 Å². The van der Waals surface area contributed by atoms with Gasteiger partial charge in [-0.15, -0.1) is 11.3 Å². The fraction of sp³-hybridized carbons (Fsp3) is 0.348. The summed E-state index contributed by atoms with van der Waals surface area (Å²) in [6.45, 7) is 6.31. The average molecular weight is 437 g/mol. The predicted octanol–water partition coefficient (Wildman–Crippen LogP) is 2.80. The molecule has 3 heterocycles. The number of benzene rings is 1. The molecule has 31 heavy (non-hydrogen) atoms. The van der Waals surface area contributed by atoms with E-state index in [2.05, 4.69) is 57.3 Å². The Hall–Kier alpha value is -3.13. The molecule has 1 aliphatic heterocycles. The summed E-state index contributed by atoms with van der Waals surface area (Å²) in [5, 5.41) is 13.2. The summed E-state index contributed by atoms with van der Waals surface area (Å²) in [5.41, 5.74) is 5.49.